The monoisotopic (exact) mass is 300 g/mol. The standard InChI is InChI=1S/C17H11F3N2/c1-10-8-15(12-2-3-14(18)17(20)16(12)19)22-9-13(10)11-4-6-21-7-5-11/h2-9H,1H3. The quantitative estimate of drug-likeness (QED) is 0.649. The van der Waals surface area contributed by atoms with Gasteiger partial charge in [0.2, 0.25) is 0 Å². The summed E-state index contributed by atoms with van der Waals surface area (Å²) in [7, 11) is 0. The molecule has 0 aliphatic heterocycles. The van der Waals surface area contributed by atoms with E-state index in [0.717, 1.165) is 22.8 Å². The summed E-state index contributed by atoms with van der Waals surface area (Å²) in [5, 5.41) is 0. The van der Waals surface area contributed by atoms with Crippen molar-refractivity contribution in [3.63, 3.8) is 0 Å². The van der Waals surface area contributed by atoms with E-state index in [9.17, 15) is 13.2 Å². The third-order valence-corrected chi connectivity index (χ3v) is 3.41. The predicted octanol–water partition coefficient (Wildman–Crippen LogP) is 4.54. The summed E-state index contributed by atoms with van der Waals surface area (Å²) in [6.07, 6.45) is 4.91. The Kier molecular flexibility index (Phi) is 3.63. The summed E-state index contributed by atoms with van der Waals surface area (Å²) in [4.78, 5) is 8.12. The number of halogens is 3. The first-order valence-electron chi connectivity index (χ1n) is 6.59. The van der Waals surface area contributed by atoms with Crippen molar-refractivity contribution < 1.29 is 13.2 Å². The van der Waals surface area contributed by atoms with Gasteiger partial charge in [-0.3, -0.25) is 9.97 Å². The predicted molar refractivity (Wildman–Crippen MR) is 77.5 cm³/mol. The Bertz CT molecular complexity index is 833. The molecule has 5 heteroatoms. The Balaban J connectivity index is 2.08. The highest BCUT2D eigenvalue weighted by Crippen LogP contribution is 2.28. The van der Waals surface area contributed by atoms with Gasteiger partial charge in [-0.15, -0.1) is 0 Å². The molecule has 22 heavy (non-hydrogen) atoms. The molecule has 0 amide bonds. The molecular formula is C17H11F3N2. The van der Waals surface area contributed by atoms with Gasteiger partial charge in [0.1, 0.15) is 0 Å². The first-order chi connectivity index (χ1) is 10.6. The molecule has 3 aromatic rings. The van der Waals surface area contributed by atoms with Gasteiger partial charge in [0.25, 0.3) is 0 Å². The first kappa shape index (κ1) is 14.3. The molecule has 0 radical (unpaired) electrons. The normalized spacial score (nSPS) is 10.7. The second-order valence-electron chi connectivity index (χ2n) is 4.84. The Morgan fingerprint density at radius 1 is 0.864 bits per heavy atom. The summed E-state index contributed by atoms with van der Waals surface area (Å²) in [6.45, 7) is 1.85. The van der Waals surface area contributed by atoms with Crippen LogP contribution in [-0.2, 0) is 0 Å². The van der Waals surface area contributed by atoms with Crippen molar-refractivity contribution in [3.05, 3.63) is 71.9 Å². The molecule has 0 N–H and O–H groups in total. The highest BCUT2D eigenvalue weighted by molar-refractivity contribution is 5.70. The van der Waals surface area contributed by atoms with Gasteiger partial charge in [0.05, 0.1) is 5.69 Å². The van der Waals surface area contributed by atoms with Crippen LogP contribution in [0.4, 0.5) is 13.2 Å². The molecule has 2 heterocycles. The van der Waals surface area contributed by atoms with E-state index in [1.165, 1.54) is 6.07 Å². The SMILES string of the molecule is Cc1cc(-c2ccc(F)c(F)c2F)ncc1-c1ccncc1. The lowest BCUT2D eigenvalue weighted by molar-refractivity contribution is 0.449. The minimum Gasteiger partial charge on any atom is -0.265 e. The van der Waals surface area contributed by atoms with E-state index in [0.29, 0.717) is 0 Å². The molecule has 0 aliphatic rings. The van der Waals surface area contributed by atoms with Crippen molar-refractivity contribution in [3.8, 4) is 22.4 Å². The maximum Gasteiger partial charge on any atom is 0.195 e. The van der Waals surface area contributed by atoms with Gasteiger partial charge in [-0.1, -0.05) is 0 Å². The highest BCUT2D eigenvalue weighted by Gasteiger charge is 2.16. The van der Waals surface area contributed by atoms with Crippen molar-refractivity contribution in [2.45, 2.75) is 6.92 Å². The van der Waals surface area contributed by atoms with E-state index >= 15 is 0 Å². The Hall–Kier alpha value is -2.69. The van der Waals surface area contributed by atoms with Gasteiger partial charge in [-0.2, -0.15) is 0 Å². The summed E-state index contributed by atoms with van der Waals surface area (Å²) in [5.41, 5.74) is 2.83. The zero-order valence-electron chi connectivity index (χ0n) is 11.6. The number of hydrogen-bond donors (Lipinski definition) is 0. The number of aromatic nitrogens is 2. The molecule has 0 saturated heterocycles. The van der Waals surface area contributed by atoms with Crippen LogP contribution in [0, 0.1) is 24.4 Å². The molecular weight excluding hydrogens is 289 g/mol. The fourth-order valence-corrected chi connectivity index (χ4v) is 2.26. The molecule has 0 bridgehead atoms. The molecule has 3 rings (SSSR count). The fraction of sp³-hybridized carbons (Fsp3) is 0.0588. The number of benzene rings is 1. The summed E-state index contributed by atoms with van der Waals surface area (Å²) in [5.74, 6) is -3.94. The topological polar surface area (TPSA) is 25.8 Å². The summed E-state index contributed by atoms with van der Waals surface area (Å²) >= 11 is 0. The van der Waals surface area contributed by atoms with Crippen LogP contribution in [0.15, 0.2) is 48.9 Å². The second kappa shape index (κ2) is 5.60. The minimum atomic E-state index is -1.49. The lowest BCUT2D eigenvalue weighted by atomic mass is 10.0. The van der Waals surface area contributed by atoms with Crippen LogP contribution >= 0.6 is 0 Å². The zero-order valence-corrected chi connectivity index (χ0v) is 11.6. The molecule has 0 aliphatic carbocycles. The fourth-order valence-electron chi connectivity index (χ4n) is 2.26. The molecule has 2 aromatic heterocycles. The first-order valence-corrected chi connectivity index (χ1v) is 6.59. The second-order valence-corrected chi connectivity index (χ2v) is 4.84. The van der Waals surface area contributed by atoms with Gasteiger partial charge < -0.3 is 0 Å². The van der Waals surface area contributed by atoms with Crippen LogP contribution in [-0.4, -0.2) is 9.97 Å². The van der Waals surface area contributed by atoms with Crippen LogP contribution in [0.5, 0.6) is 0 Å². The molecule has 1 aromatic carbocycles. The van der Waals surface area contributed by atoms with Crippen LogP contribution in [0.3, 0.4) is 0 Å². The Morgan fingerprint density at radius 2 is 1.59 bits per heavy atom. The van der Waals surface area contributed by atoms with E-state index in [-0.39, 0.29) is 11.3 Å². The third-order valence-electron chi connectivity index (χ3n) is 3.41. The smallest absolute Gasteiger partial charge is 0.195 e. The number of rotatable bonds is 2. The van der Waals surface area contributed by atoms with Crippen LogP contribution < -0.4 is 0 Å². The number of hydrogen-bond acceptors (Lipinski definition) is 2. The van der Waals surface area contributed by atoms with Crippen LogP contribution in [0.1, 0.15) is 5.56 Å². The molecule has 2 nitrogen and oxygen atoms in total. The van der Waals surface area contributed by atoms with Crippen molar-refractivity contribution >= 4 is 0 Å². The number of aryl methyl sites for hydroxylation is 1. The Morgan fingerprint density at radius 3 is 2.27 bits per heavy atom. The largest absolute Gasteiger partial charge is 0.265 e. The Labute approximate surface area is 125 Å². The van der Waals surface area contributed by atoms with Gasteiger partial charge in [-0.05, 0) is 48.4 Å². The van der Waals surface area contributed by atoms with E-state index in [1.54, 1.807) is 24.7 Å². The van der Waals surface area contributed by atoms with Crippen molar-refractivity contribution in [2.75, 3.05) is 0 Å². The number of nitrogens with zero attached hydrogens (tertiary/aromatic N) is 2. The molecule has 0 spiro atoms. The molecule has 0 atom stereocenters. The lowest BCUT2D eigenvalue weighted by Crippen LogP contribution is -1.96. The summed E-state index contributed by atoms with van der Waals surface area (Å²) < 4.78 is 40.2. The molecule has 0 saturated carbocycles. The van der Waals surface area contributed by atoms with Crippen LogP contribution in [0.25, 0.3) is 22.4 Å². The van der Waals surface area contributed by atoms with E-state index < -0.39 is 17.5 Å². The zero-order chi connectivity index (χ0) is 15.7. The summed E-state index contributed by atoms with van der Waals surface area (Å²) in [6, 6.07) is 7.39. The average Bonchev–Trinajstić information content (AvgIpc) is 2.53. The molecule has 0 fully saturated rings. The maximum absolute atomic E-state index is 13.8. The highest BCUT2D eigenvalue weighted by atomic mass is 19.2. The van der Waals surface area contributed by atoms with Gasteiger partial charge in [0.15, 0.2) is 17.5 Å². The molecule has 110 valence electrons. The van der Waals surface area contributed by atoms with Crippen molar-refractivity contribution in [1.82, 2.24) is 9.97 Å². The van der Waals surface area contributed by atoms with Crippen molar-refractivity contribution in [1.29, 1.82) is 0 Å². The van der Waals surface area contributed by atoms with E-state index in [1.807, 2.05) is 19.1 Å². The van der Waals surface area contributed by atoms with Crippen molar-refractivity contribution in [2.24, 2.45) is 0 Å². The van der Waals surface area contributed by atoms with E-state index in [4.69, 9.17) is 0 Å². The third kappa shape index (κ3) is 2.45. The average molecular weight is 300 g/mol. The van der Waals surface area contributed by atoms with E-state index in [2.05, 4.69) is 9.97 Å². The van der Waals surface area contributed by atoms with Crippen LogP contribution in [0.2, 0.25) is 0 Å². The molecule has 0 unspecified atom stereocenters. The van der Waals surface area contributed by atoms with Gasteiger partial charge >= 0.3 is 0 Å². The van der Waals surface area contributed by atoms with Gasteiger partial charge in [-0.25, -0.2) is 13.2 Å². The maximum atomic E-state index is 13.8. The minimum absolute atomic E-state index is 0.0664. The van der Waals surface area contributed by atoms with Gasteiger partial charge in [0, 0.05) is 29.7 Å². The lowest BCUT2D eigenvalue weighted by Gasteiger charge is -2.09. The number of pyridine rings is 2.